The molecule has 1 aromatic carbocycles. The summed E-state index contributed by atoms with van der Waals surface area (Å²) >= 11 is 2.92. The van der Waals surface area contributed by atoms with Crippen molar-refractivity contribution in [3.63, 3.8) is 0 Å². The number of benzene rings is 1. The highest BCUT2D eigenvalue weighted by molar-refractivity contribution is 9.10. The van der Waals surface area contributed by atoms with Gasteiger partial charge in [0.2, 0.25) is 5.91 Å². The Morgan fingerprint density at radius 3 is 2.71 bits per heavy atom. The number of amides is 1. The zero-order valence-electron chi connectivity index (χ0n) is 9.27. The van der Waals surface area contributed by atoms with Gasteiger partial charge in [-0.2, -0.15) is 0 Å². The molecule has 0 aliphatic rings. The predicted octanol–water partition coefficient (Wildman–Crippen LogP) is 2.79. The van der Waals surface area contributed by atoms with Crippen molar-refractivity contribution >= 4 is 27.5 Å². The summed E-state index contributed by atoms with van der Waals surface area (Å²) in [6, 6.07) is 1.81. The Morgan fingerprint density at radius 1 is 1.47 bits per heavy atom. The summed E-state index contributed by atoms with van der Waals surface area (Å²) in [7, 11) is 0. The first-order valence-electron chi connectivity index (χ1n) is 5.10. The molecular formula is C11H13BrF2N2O. The minimum Gasteiger partial charge on any atom is -0.328 e. The first kappa shape index (κ1) is 14.1. The van der Waals surface area contributed by atoms with Gasteiger partial charge in [0.1, 0.15) is 11.6 Å². The highest BCUT2D eigenvalue weighted by atomic mass is 79.9. The highest BCUT2D eigenvalue weighted by Crippen LogP contribution is 2.23. The Kier molecular flexibility index (Phi) is 5.02. The van der Waals surface area contributed by atoms with Crippen LogP contribution in [0.25, 0.3) is 0 Å². The van der Waals surface area contributed by atoms with Crippen LogP contribution >= 0.6 is 15.9 Å². The van der Waals surface area contributed by atoms with Crippen molar-refractivity contribution in [1.82, 2.24) is 0 Å². The third-order valence-corrected chi connectivity index (χ3v) is 2.72. The van der Waals surface area contributed by atoms with E-state index < -0.39 is 11.6 Å². The largest absolute Gasteiger partial charge is 0.328 e. The second-order valence-corrected chi connectivity index (χ2v) is 4.66. The van der Waals surface area contributed by atoms with Crippen molar-refractivity contribution in [2.45, 2.75) is 25.8 Å². The second-order valence-electron chi connectivity index (χ2n) is 3.81. The van der Waals surface area contributed by atoms with Gasteiger partial charge >= 0.3 is 0 Å². The molecule has 1 atom stereocenters. The van der Waals surface area contributed by atoms with Crippen molar-refractivity contribution in [3.8, 4) is 0 Å². The van der Waals surface area contributed by atoms with Crippen molar-refractivity contribution in [1.29, 1.82) is 0 Å². The molecule has 0 heterocycles. The molecule has 1 aromatic rings. The van der Waals surface area contributed by atoms with Crippen LogP contribution in [0.5, 0.6) is 0 Å². The molecule has 94 valence electrons. The van der Waals surface area contributed by atoms with E-state index in [2.05, 4.69) is 21.2 Å². The molecule has 17 heavy (non-hydrogen) atoms. The maximum atomic E-state index is 13.3. The van der Waals surface area contributed by atoms with E-state index in [9.17, 15) is 13.6 Å². The number of hydrogen-bond donors (Lipinski definition) is 2. The standard InChI is InChI=1S/C11H13BrF2N2O/c1-6(15)2-3-11(17)16-10-4-7(12)8(13)5-9(10)14/h4-6H,2-3,15H2,1H3,(H,16,17). The van der Waals surface area contributed by atoms with E-state index in [0.29, 0.717) is 12.5 Å². The van der Waals surface area contributed by atoms with Crippen LogP contribution < -0.4 is 11.1 Å². The van der Waals surface area contributed by atoms with Crippen molar-refractivity contribution in [2.75, 3.05) is 5.32 Å². The summed E-state index contributed by atoms with van der Waals surface area (Å²) in [5, 5.41) is 2.37. The van der Waals surface area contributed by atoms with Gasteiger partial charge in [0.25, 0.3) is 0 Å². The summed E-state index contributed by atoms with van der Waals surface area (Å²) in [6.45, 7) is 1.78. The van der Waals surface area contributed by atoms with E-state index in [-0.39, 0.29) is 28.5 Å². The van der Waals surface area contributed by atoms with Gasteiger partial charge in [0.15, 0.2) is 0 Å². The lowest BCUT2D eigenvalue weighted by atomic mass is 10.2. The molecular weight excluding hydrogens is 294 g/mol. The highest BCUT2D eigenvalue weighted by Gasteiger charge is 2.11. The summed E-state index contributed by atoms with van der Waals surface area (Å²) < 4.78 is 26.3. The third-order valence-electron chi connectivity index (χ3n) is 2.11. The molecule has 0 bridgehead atoms. The maximum absolute atomic E-state index is 13.3. The number of carbonyl (C=O) groups is 1. The summed E-state index contributed by atoms with van der Waals surface area (Å²) in [4.78, 5) is 11.4. The topological polar surface area (TPSA) is 55.1 Å². The van der Waals surface area contributed by atoms with E-state index in [1.165, 1.54) is 6.07 Å². The molecule has 1 amide bonds. The zero-order chi connectivity index (χ0) is 13.0. The Bertz CT molecular complexity index is 424. The van der Waals surface area contributed by atoms with E-state index >= 15 is 0 Å². The van der Waals surface area contributed by atoms with Crippen LogP contribution in [0.1, 0.15) is 19.8 Å². The molecule has 0 saturated heterocycles. The summed E-state index contributed by atoms with van der Waals surface area (Å²) in [5.74, 6) is -1.87. The number of rotatable bonds is 4. The van der Waals surface area contributed by atoms with Crippen molar-refractivity contribution in [2.24, 2.45) is 5.73 Å². The van der Waals surface area contributed by atoms with Crippen LogP contribution in [-0.4, -0.2) is 11.9 Å². The average Bonchev–Trinajstić information content (AvgIpc) is 2.23. The monoisotopic (exact) mass is 306 g/mol. The molecule has 0 aliphatic carbocycles. The van der Waals surface area contributed by atoms with Crippen LogP contribution in [0, 0.1) is 11.6 Å². The van der Waals surface area contributed by atoms with E-state index in [0.717, 1.165) is 0 Å². The number of nitrogens with one attached hydrogen (secondary N) is 1. The molecule has 3 nitrogen and oxygen atoms in total. The fourth-order valence-corrected chi connectivity index (χ4v) is 1.53. The van der Waals surface area contributed by atoms with Gasteiger partial charge in [-0.15, -0.1) is 0 Å². The Morgan fingerprint density at radius 2 is 2.12 bits per heavy atom. The summed E-state index contributed by atoms with van der Waals surface area (Å²) in [5.41, 5.74) is 5.45. The fraction of sp³-hybridized carbons (Fsp3) is 0.364. The average molecular weight is 307 g/mol. The number of carbonyl (C=O) groups excluding carboxylic acids is 1. The van der Waals surface area contributed by atoms with Crippen LogP contribution in [0.15, 0.2) is 16.6 Å². The van der Waals surface area contributed by atoms with Crippen molar-refractivity contribution < 1.29 is 13.6 Å². The Balaban J connectivity index is 2.68. The van der Waals surface area contributed by atoms with Gasteiger partial charge in [0.05, 0.1) is 10.2 Å². The molecule has 0 radical (unpaired) electrons. The lowest BCUT2D eigenvalue weighted by molar-refractivity contribution is -0.116. The lowest BCUT2D eigenvalue weighted by Gasteiger charge is -2.08. The predicted molar refractivity (Wildman–Crippen MR) is 65.6 cm³/mol. The minimum atomic E-state index is -0.806. The third kappa shape index (κ3) is 4.40. The minimum absolute atomic E-state index is 0.0482. The SMILES string of the molecule is CC(N)CCC(=O)Nc1cc(Br)c(F)cc1F. The van der Waals surface area contributed by atoms with Crippen LogP contribution in [-0.2, 0) is 4.79 Å². The first-order valence-corrected chi connectivity index (χ1v) is 5.89. The smallest absolute Gasteiger partial charge is 0.224 e. The van der Waals surface area contributed by atoms with Crippen LogP contribution in [0.4, 0.5) is 14.5 Å². The Hall–Kier alpha value is -1.01. The maximum Gasteiger partial charge on any atom is 0.224 e. The molecule has 1 unspecified atom stereocenters. The lowest BCUT2D eigenvalue weighted by Crippen LogP contribution is -2.19. The van der Waals surface area contributed by atoms with E-state index in [4.69, 9.17) is 5.73 Å². The number of hydrogen-bond acceptors (Lipinski definition) is 2. The van der Waals surface area contributed by atoms with E-state index in [1.54, 1.807) is 6.92 Å². The molecule has 3 N–H and O–H groups in total. The summed E-state index contributed by atoms with van der Waals surface area (Å²) in [6.07, 6.45) is 0.710. The number of halogens is 3. The van der Waals surface area contributed by atoms with Gasteiger partial charge in [-0.1, -0.05) is 0 Å². The van der Waals surface area contributed by atoms with Gasteiger partial charge in [-0.3, -0.25) is 4.79 Å². The molecule has 1 rings (SSSR count). The Labute approximate surface area is 107 Å². The van der Waals surface area contributed by atoms with Gasteiger partial charge in [-0.05, 0) is 35.3 Å². The molecule has 0 fully saturated rings. The molecule has 0 aromatic heterocycles. The van der Waals surface area contributed by atoms with Gasteiger partial charge in [-0.25, -0.2) is 8.78 Å². The molecule has 0 aliphatic heterocycles. The molecule has 0 saturated carbocycles. The number of anilines is 1. The van der Waals surface area contributed by atoms with E-state index in [1.807, 2.05) is 0 Å². The van der Waals surface area contributed by atoms with Gasteiger partial charge in [0, 0.05) is 18.5 Å². The normalized spacial score (nSPS) is 12.3. The van der Waals surface area contributed by atoms with Crippen LogP contribution in [0.2, 0.25) is 0 Å². The van der Waals surface area contributed by atoms with Crippen LogP contribution in [0.3, 0.4) is 0 Å². The first-order chi connectivity index (χ1) is 7.90. The van der Waals surface area contributed by atoms with Crippen molar-refractivity contribution in [3.05, 3.63) is 28.2 Å². The zero-order valence-corrected chi connectivity index (χ0v) is 10.9. The molecule has 6 heteroatoms. The molecule has 0 spiro atoms. The quantitative estimate of drug-likeness (QED) is 0.840. The van der Waals surface area contributed by atoms with Gasteiger partial charge < -0.3 is 11.1 Å². The fourth-order valence-electron chi connectivity index (χ4n) is 1.19. The number of nitrogens with two attached hydrogens (primary N) is 1. The second kappa shape index (κ2) is 6.07.